The van der Waals surface area contributed by atoms with E-state index >= 15 is 0 Å². The molecule has 0 amide bonds. The monoisotopic (exact) mass is 244 g/mol. The van der Waals surface area contributed by atoms with Crippen molar-refractivity contribution in [3.8, 4) is 0 Å². The molecule has 0 unspecified atom stereocenters. The van der Waals surface area contributed by atoms with Gasteiger partial charge in [0.15, 0.2) is 0 Å². The predicted octanol–water partition coefficient (Wildman–Crippen LogP) is 3.25. The molecule has 0 heterocycles. The van der Waals surface area contributed by atoms with E-state index in [0.717, 1.165) is 0 Å². The zero-order chi connectivity index (χ0) is 11.6. The van der Waals surface area contributed by atoms with E-state index in [0.29, 0.717) is 5.92 Å². The van der Waals surface area contributed by atoms with E-state index in [1.165, 1.54) is 9.67 Å². The van der Waals surface area contributed by atoms with E-state index in [2.05, 4.69) is 67.7 Å². The average molecular weight is 244 g/mol. The Hall–Kier alpha value is -0.993. The third-order valence-electron chi connectivity index (χ3n) is 3.16. The molecule has 0 bridgehead atoms. The van der Waals surface area contributed by atoms with Gasteiger partial charge < -0.3 is 0 Å². The number of thiocarbonyl (C=S) groups is 1. The molecule has 1 aliphatic carbocycles. The Morgan fingerprint density at radius 1 is 1.06 bits per heavy atom. The van der Waals surface area contributed by atoms with Crippen LogP contribution >= 0.6 is 12.2 Å². The molecule has 0 aromatic heterocycles. The maximum absolute atomic E-state index is 5.69. The van der Waals surface area contributed by atoms with Crippen molar-refractivity contribution in [3.63, 3.8) is 0 Å². The molecular formula is C14H16SSi. The second-order valence-corrected chi connectivity index (χ2v) is 9.82. The highest BCUT2D eigenvalue weighted by molar-refractivity contribution is 7.85. The fraction of sp³-hybridized carbons (Fsp3) is 0.214. The number of hydrogen-bond donors (Lipinski definition) is 0. The molecule has 0 spiro atoms. The van der Waals surface area contributed by atoms with Gasteiger partial charge in [0.25, 0.3) is 0 Å². The van der Waals surface area contributed by atoms with Gasteiger partial charge in [-0.05, 0) is 4.49 Å². The average Bonchev–Trinajstić information content (AvgIpc) is 2.82. The highest BCUT2D eigenvalue weighted by Crippen LogP contribution is 2.19. The van der Waals surface area contributed by atoms with E-state index in [1.807, 2.05) is 0 Å². The summed E-state index contributed by atoms with van der Waals surface area (Å²) in [6.07, 6.45) is 8.57. The minimum atomic E-state index is -1.62. The molecule has 0 aliphatic heterocycles. The van der Waals surface area contributed by atoms with Crippen LogP contribution in [-0.4, -0.2) is 12.6 Å². The van der Waals surface area contributed by atoms with Crippen LogP contribution in [0.4, 0.5) is 0 Å². The standard InChI is InChI=1S/C14H16SSi/c1-16(2,13-10-4-3-5-11-13)14(15)12-8-6-7-9-12/h3-12H,1-2H3. The molecule has 2 heteroatoms. The summed E-state index contributed by atoms with van der Waals surface area (Å²) in [6, 6.07) is 10.7. The van der Waals surface area contributed by atoms with Gasteiger partial charge in [-0.15, -0.1) is 0 Å². The Morgan fingerprint density at radius 3 is 2.19 bits per heavy atom. The molecule has 0 N–H and O–H groups in total. The second kappa shape index (κ2) is 4.48. The Bertz CT molecular complexity index is 431. The van der Waals surface area contributed by atoms with Crippen molar-refractivity contribution in [1.82, 2.24) is 0 Å². The van der Waals surface area contributed by atoms with Crippen LogP contribution in [0.25, 0.3) is 0 Å². The lowest BCUT2D eigenvalue weighted by atomic mass is 10.2. The normalized spacial score (nSPS) is 15.6. The van der Waals surface area contributed by atoms with Crippen molar-refractivity contribution >= 4 is 30.0 Å². The van der Waals surface area contributed by atoms with Gasteiger partial charge in [-0.25, -0.2) is 0 Å². The van der Waals surface area contributed by atoms with E-state index in [-0.39, 0.29) is 0 Å². The maximum atomic E-state index is 5.69. The smallest absolute Gasteiger partial charge is 0.0932 e. The summed E-state index contributed by atoms with van der Waals surface area (Å²) in [5.41, 5.74) is 0. The van der Waals surface area contributed by atoms with Gasteiger partial charge in [-0.3, -0.25) is 0 Å². The van der Waals surface area contributed by atoms with Gasteiger partial charge in [0.05, 0.1) is 0 Å². The molecule has 0 fully saturated rings. The van der Waals surface area contributed by atoms with Crippen LogP contribution in [0.2, 0.25) is 13.1 Å². The number of hydrogen-bond acceptors (Lipinski definition) is 1. The van der Waals surface area contributed by atoms with Crippen molar-refractivity contribution in [2.45, 2.75) is 13.1 Å². The summed E-state index contributed by atoms with van der Waals surface area (Å²) in [5.74, 6) is 0.372. The largest absolute Gasteiger partial charge is 0.121 e. The molecule has 2 rings (SSSR count). The first-order chi connectivity index (χ1) is 7.62. The van der Waals surface area contributed by atoms with E-state index in [9.17, 15) is 0 Å². The molecule has 0 atom stereocenters. The van der Waals surface area contributed by atoms with E-state index in [1.54, 1.807) is 0 Å². The first kappa shape index (κ1) is 11.5. The lowest BCUT2D eigenvalue weighted by Gasteiger charge is -2.26. The van der Waals surface area contributed by atoms with E-state index < -0.39 is 8.07 Å². The number of allylic oxidation sites excluding steroid dienone is 4. The SMILES string of the molecule is C[Si](C)(C(=S)C1C=CC=C1)c1ccccc1. The molecule has 1 aromatic carbocycles. The van der Waals surface area contributed by atoms with Crippen LogP contribution < -0.4 is 5.19 Å². The maximum Gasteiger partial charge on any atom is 0.121 e. The van der Waals surface area contributed by atoms with Gasteiger partial charge in [-0.2, -0.15) is 0 Å². The van der Waals surface area contributed by atoms with Crippen molar-refractivity contribution in [1.29, 1.82) is 0 Å². The minimum Gasteiger partial charge on any atom is -0.0932 e. The van der Waals surface area contributed by atoms with Crippen molar-refractivity contribution < 1.29 is 0 Å². The van der Waals surface area contributed by atoms with Crippen molar-refractivity contribution in [3.05, 3.63) is 54.6 Å². The lowest BCUT2D eigenvalue weighted by molar-refractivity contribution is 1.21. The molecule has 0 saturated heterocycles. The Balaban J connectivity index is 2.28. The Labute approximate surface area is 104 Å². The fourth-order valence-corrected chi connectivity index (χ4v) is 4.87. The summed E-state index contributed by atoms with van der Waals surface area (Å²) in [6.45, 7) is 4.68. The molecule has 1 aromatic rings. The quantitative estimate of drug-likeness (QED) is 0.581. The molecular weight excluding hydrogens is 228 g/mol. The van der Waals surface area contributed by atoms with Crippen LogP contribution in [-0.2, 0) is 0 Å². The molecule has 0 nitrogen and oxygen atoms in total. The van der Waals surface area contributed by atoms with Gasteiger partial charge in [-0.1, -0.05) is 85.1 Å². The van der Waals surface area contributed by atoms with Crippen molar-refractivity contribution in [2.24, 2.45) is 5.92 Å². The molecule has 0 radical (unpaired) electrons. The van der Waals surface area contributed by atoms with Crippen LogP contribution in [0.5, 0.6) is 0 Å². The topological polar surface area (TPSA) is 0 Å². The van der Waals surface area contributed by atoms with Crippen LogP contribution in [0, 0.1) is 5.92 Å². The van der Waals surface area contributed by atoms with Crippen LogP contribution in [0.15, 0.2) is 54.6 Å². The molecule has 1 aliphatic rings. The van der Waals surface area contributed by atoms with Gasteiger partial charge in [0, 0.05) is 5.92 Å². The zero-order valence-corrected chi connectivity index (χ0v) is 11.5. The van der Waals surface area contributed by atoms with Gasteiger partial charge in [0.2, 0.25) is 0 Å². The summed E-state index contributed by atoms with van der Waals surface area (Å²) in [7, 11) is -1.62. The molecule has 0 saturated carbocycles. The predicted molar refractivity (Wildman–Crippen MR) is 77.9 cm³/mol. The molecule has 16 heavy (non-hydrogen) atoms. The Kier molecular flexibility index (Phi) is 3.22. The third kappa shape index (κ3) is 2.08. The first-order valence-electron chi connectivity index (χ1n) is 5.57. The highest BCUT2D eigenvalue weighted by Gasteiger charge is 2.31. The lowest BCUT2D eigenvalue weighted by Crippen LogP contribution is -2.50. The summed E-state index contributed by atoms with van der Waals surface area (Å²) in [4.78, 5) is 0. The minimum absolute atomic E-state index is 0.372. The van der Waals surface area contributed by atoms with Crippen LogP contribution in [0.3, 0.4) is 0 Å². The molecule has 82 valence electrons. The number of rotatable bonds is 3. The van der Waals surface area contributed by atoms with E-state index in [4.69, 9.17) is 12.2 Å². The fourth-order valence-electron chi connectivity index (χ4n) is 2.02. The highest BCUT2D eigenvalue weighted by atomic mass is 32.1. The van der Waals surface area contributed by atoms with Gasteiger partial charge >= 0.3 is 0 Å². The second-order valence-electron chi connectivity index (χ2n) is 4.65. The number of benzene rings is 1. The summed E-state index contributed by atoms with van der Waals surface area (Å²) in [5, 5.41) is 1.42. The Morgan fingerprint density at radius 2 is 1.62 bits per heavy atom. The van der Waals surface area contributed by atoms with Crippen LogP contribution in [0.1, 0.15) is 0 Å². The zero-order valence-electron chi connectivity index (χ0n) is 9.68. The van der Waals surface area contributed by atoms with Gasteiger partial charge in [0.1, 0.15) is 8.07 Å². The summed E-state index contributed by atoms with van der Waals surface area (Å²) < 4.78 is 1.23. The first-order valence-corrected chi connectivity index (χ1v) is 8.98. The third-order valence-corrected chi connectivity index (χ3v) is 8.31. The van der Waals surface area contributed by atoms with Crippen molar-refractivity contribution in [2.75, 3.05) is 0 Å². The summed E-state index contributed by atoms with van der Waals surface area (Å²) >= 11 is 5.69.